The van der Waals surface area contributed by atoms with Crippen molar-refractivity contribution in [2.45, 2.75) is 13.5 Å². The largest absolute Gasteiger partial charge is 0.253 e. The first-order chi connectivity index (χ1) is 8.84. The van der Waals surface area contributed by atoms with E-state index in [0.29, 0.717) is 5.82 Å². The van der Waals surface area contributed by atoms with Gasteiger partial charge in [0.2, 0.25) is 5.82 Å². The van der Waals surface area contributed by atoms with Gasteiger partial charge in [-0.25, -0.2) is 31.1 Å². The topological polar surface area (TPSA) is 8.81 Å². The van der Waals surface area contributed by atoms with E-state index in [1.54, 1.807) is 24.7 Å². The molecule has 0 spiro atoms. The molecule has 2 aromatic rings. The smallest absolute Gasteiger partial charge is 0.237 e. The van der Waals surface area contributed by atoms with Gasteiger partial charge in [0.05, 0.1) is 12.6 Å². The van der Waals surface area contributed by atoms with Gasteiger partial charge >= 0.3 is 0 Å². The minimum Gasteiger partial charge on any atom is -0.237 e. The van der Waals surface area contributed by atoms with E-state index in [9.17, 15) is 22.0 Å². The van der Waals surface area contributed by atoms with Crippen molar-refractivity contribution >= 4 is 0 Å². The van der Waals surface area contributed by atoms with Crippen molar-refractivity contribution in [1.29, 1.82) is 0 Å². The number of rotatable bonds is 2. The lowest BCUT2D eigenvalue weighted by molar-refractivity contribution is -0.677. The highest BCUT2D eigenvalue weighted by molar-refractivity contribution is 5.24. The number of imidazole rings is 1. The summed E-state index contributed by atoms with van der Waals surface area (Å²) in [4.78, 5) is 0. The molecule has 0 aliphatic carbocycles. The van der Waals surface area contributed by atoms with Crippen molar-refractivity contribution in [2.75, 3.05) is 0 Å². The molecule has 1 aromatic heterocycles. The van der Waals surface area contributed by atoms with Crippen molar-refractivity contribution in [2.24, 2.45) is 7.05 Å². The number of nitrogens with zero attached hydrogens (tertiary/aromatic N) is 2. The first kappa shape index (κ1) is 13.5. The van der Waals surface area contributed by atoms with Gasteiger partial charge < -0.3 is 0 Å². The molecule has 1 heterocycles. The molecular formula is C12H10F5N2+. The maximum atomic E-state index is 13.5. The highest BCUT2D eigenvalue weighted by atomic mass is 19.2. The van der Waals surface area contributed by atoms with Gasteiger partial charge in [-0.3, -0.25) is 0 Å². The van der Waals surface area contributed by atoms with Gasteiger partial charge in [-0.2, -0.15) is 0 Å². The molecule has 0 aliphatic rings. The van der Waals surface area contributed by atoms with Crippen LogP contribution < -0.4 is 4.57 Å². The van der Waals surface area contributed by atoms with Crippen LogP contribution in [-0.2, 0) is 13.6 Å². The second-order valence-corrected chi connectivity index (χ2v) is 4.13. The summed E-state index contributed by atoms with van der Waals surface area (Å²) in [6.07, 6.45) is 3.11. The van der Waals surface area contributed by atoms with Crippen molar-refractivity contribution in [3.05, 3.63) is 52.9 Å². The average Bonchev–Trinajstić information content (AvgIpc) is 2.71. The molecule has 0 fully saturated rings. The van der Waals surface area contributed by atoms with Crippen LogP contribution in [0.5, 0.6) is 0 Å². The number of aromatic nitrogens is 2. The quantitative estimate of drug-likeness (QED) is 0.345. The predicted octanol–water partition coefficient (Wildman–Crippen LogP) is 2.36. The lowest BCUT2D eigenvalue weighted by atomic mass is 10.1. The average molecular weight is 277 g/mol. The van der Waals surface area contributed by atoms with E-state index in [0.717, 1.165) is 0 Å². The molecule has 0 atom stereocenters. The molecule has 1 aromatic carbocycles. The van der Waals surface area contributed by atoms with E-state index in [1.165, 1.54) is 10.8 Å². The summed E-state index contributed by atoms with van der Waals surface area (Å²) in [5, 5.41) is 0. The van der Waals surface area contributed by atoms with Crippen LogP contribution in [0.3, 0.4) is 0 Å². The Balaban J connectivity index is 2.55. The minimum absolute atomic E-state index is 0.432. The highest BCUT2D eigenvalue weighted by Gasteiger charge is 2.27. The van der Waals surface area contributed by atoms with E-state index in [-0.39, 0.29) is 0 Å². The molecule has 2 rings (SSSR count). The molecule has 0 radical (unpaired) electrons. The van der Waals surface area contributed by atoms with Crippen LogP contribution in [0.4, 0.5) is 22.0 Å². The van der Waals surface area contributed by atoms with Gasteiger partial charge in [-0.15, -0.1) is 0 Å². The summed E-state index contributed by atoms with van der Waals surface area (Å²) < 4.78 is 69.0. The zero-order valence-corrected chi connectivity index (χ0v) is 10.1. The Morgan fingerprint density at radius 3 is 1.84 bits per heavy atom. The van der Waals surface area contributed by atoms with Crippen LogP contribution in [0, 0.1) is 36.0 Å². The van der Waals surface area contributed by atoms with Crippen molar-refractivity contribution in [1.82, 2.24) is 4.57 Å². The fourth-order valence-electron chi connectivity index (χ4n) is 1.73. The first-order valence-corrected chi connectivity index (χ1v) is 5.36. The number of halogens is 5. The predicted molar refractivity (Wildman–Crippen MR) is 55.7 cm³/mol. The lowest BCUT2D eigenvalue weighted by Gasteiger charge is -2.07. The summed E-state index contributed by atoms with van der Waals surface area (Å²) in [7, 11) is 1.70. The first-order valence-electron chi connectivity index (χ1n) is 5.36. The van der Waals surface area contributed by atoms with E-state index < -0.39 is 41.2 Å². The van der Waals surface area contributed by atoms with Crippen LogP contribution in [0.1, 0.15) is 11.4 Å². The molecule has 2 nitrogen and oxygen atoms in total. The number of aryl methyl sites for hydroxylation is 1. The zero-order valence-electron chi connectivity index (χ0n) is 10.1. The molecule has 0 N–H and O–H groups in total. The SMILES string of the molecule is Cc1n(Cc2c(F)c(F)c(F)c(F)c2F)cc[n+]1C. The minimum atomic E-state index is -2.14. The molecule has 7 heteroatoms. The molecule has 0 saturated carbocycles. The normalized spacial score (nSPS) is 11.1. The summed E-state index contributed by atoms with van der Waals surface area (Å²) in [5.74, 6) is -8.98. The van der Waals surface area contributed by atoms with Crippen LogP contribution in [0.2, 0.25) is 0 Å². The Hall–Kier alpha value is -1.92. The third-order valence-electron chi connectivity index (χ3n) is 3.03. The second kappa shape index (κ2) is 4.64. The van der Waals surface area contributed by atoms with E-state index in [2.05, 4.69) is 0 Å². The third-order valence-corrected chi connectivity index (χ3v) is 3.03. The van der Waals surface area contributed by atoms with E-state index >= 15 is 0 Å². The molecule has 0 aliphatic heterocycles. The summed E-state index contributed by atoms with van der Waals surface area (Å²) in [6, 6.07) is 0. The van der Waals surface area contributed by atoms with Gasteiger partial charge in [0, 0.05) is 6.92 Å². The van der Waals surface area contributed by atoms with Gasteiger partial charge in [0.1, 0.15) is 18.9 Å². The maximum Gasteiger partial charge on any atom is 0.253 e. The van der Waals surface area contributed by atoms with Crippen LogP contribution in [0.15, 0.2) is 12.4 Å². The highest BCUT2D eigenvalue weighted by Crippen LogP contribution is 2.23. The van der Waals surface area contributed by atoms with Crippen molar-refractivity contribution in [3.63, 3.8) is 0 Å². The Morgan fingerprint density at radius 1 is 0.947 bits per heavy atom. The van der Waals surface area contributed by atoms with Gasteiger partial charge in [-0.1, -0.05) is 0 Å². The Kier molecular flexibility index (Phi) is 3.30. The maximum absolute atomic E-state index is 13.5. The monoisotopic (exact) mass is 277 g/mol. The van der Waals surface area contributed by atoms with Crippen LogP contribution in [-0.4, -0.2) is 4.57 Å². The number of benzene rings is 1. The summed E-state index contributed by atoms with van der Waals surface area (Å²) in [5.41, 5.74) is -0.851. The number of hydrogen-bond donors (Lipinski definition) is 0. The van der Waals surface area contributed by atoms with Crippen molar-refractivity contribution < 1.29 is 26.5 Å². The van der Waals surface area contributed by atoms with Crippen LogP contribution >= 0.6 is 0 Å². The fourth-order valence-corrected chi connectivity index (χ4v) is 1.73. The standard InChI is InChI=1S/C12H10F5N2/c1-6-18(2)3-4-19(6)5-7-8(13)10(15)12(17)11(16)9(7)14/h3-4H,5H2,1-2H3/q+1. The number of hydrogen-bond acceptors (Lipinski definition) is 0. The van der Waals surface area contributed by atoms with Crippen molar-refractivity contribution in [3.8, 4) is 0 Å². The van der Waals surface area contributed by atoms with E-state index in [1.807, 2.05) is 0 Å². The molecule has 102 valence electrons. The second-order valence-electron chi connectivity index (χ2n) is 4.13. The third kappa shape index (κ3) is 2.09. The summed E-state index contributed by atoms with van der Waals surface area (Å²) in [6.45, 7) is 1.23. The Bertz CT molecular complexity index is 619. The Labute approximate surface area is 105 Å². The van der Waals surface area contributed by atoms with E-state index in [4.69, 9.17) is 0 Å². The molecule has 0 unspecified atom stereocenters. The summed E-state index contributed by atoms with van der Waals surface area (Å²) >= 11 is 0. The molecular weight excluding hydrogens is 267 g/mol. The van der Waals surface area contributed by atoms with Gasteiger partial charge in [0.25, 0.3) is 5.82 Å². The molecule has 0 bridgehead atoms. The molecule has 19 heavy (non-hydrogen) atoms. The Morgan fingerprint density at radius 2 is 1.42 bits per heavy atom. The van der Waals surface area contributed by atoms with Gasteiger partial charge in [-0.05, 0) is 0 Å². The zero-order chi connectivity index (χ0) is 14.3. The fraction of sp³-hybridized carbons (Fsp3) is 0.250. The molecule has 0 amide bonds. The molecule has 0 saturated heterocycles. The van der Waals surface area contributed by atoms with Crippen LogP contribution in [0.25, 0.3) is 0 Å². The lowest BCUT2D eigenvalue weighted by Crippen LogP contribution is -2.30. The van der Waals surface area contributed by atoms with Gasteiger partial charge in [0.15, 0.2) is 23.3 Å².